The van der Waals surface area contributed by atoms with Crippen molar-refractivity contribution in [2.24, 2.45) is 5.92 Å². The predicted octanol–water partition coefficient (Wildman–Crippen LogP) is 1.17. The SMILES string of the molecule is O=C(Cc1cccnc1)N[C@@H]1C[C@@H](C(=O)NCCOc2ccccc2)CC[C@H]1O.O=CO. The molecule has 172 valence electrons. The van der Waals surface area contributed by atoms with Crippen molar-refractivity contribution in [3.05, 3.63) is 60.4 Å². The highest BCUT2D eigenvalue weighted by Gasteiger charge is 2.33. The van der Waals surface area contributed by atoms with Crippen LogP contribution in [0, 0.1) is 5.92 Å². The molecule has 32 heavy (non-hydrogen) atoms. The van der Waals surface area contributed by atoms with Gasteiger partial charge < -0.3 is 25.6 Å². The van der Waals surface area contributed by atoms with Crippen molar-refractivity contribution in [2.45, 2.75) is 37.8 Å². The molecule has 0 bridgehead atoms. The van der Waals surface area contributed by atoms with Crippen LogP contribution in [0.1, 0.15) is 24.8 Å². The second-order valence-electron chi connectivity index (χ2n) is 7.35. The van der Waals surface area contributed by atoms with E-state index in [0.29, 0.717) is 32.4 Å². The number of hydrogen-bond donors (Lipinski definition) is 4. The molecule has 1 aliphatic carbocycles. The number of pyridine rings is 1. The van der Waals surface area contributed by atoms with E-state index in [-0.39, 0.29) is 30.6 Å². The Hall–Kier alpha value is -3.46. The van der Waals surface area contributed by atoms with Gasteiger partial charge >= 0.3 is 0 Å². The Kier molecular flexibility index (Phi) is 10.7. The lowest BCUT2D eigenvalue weighted by Crippen LogP contribution is -2.50. The Balaban J connectivity index is 0.00000114. The van der Waals surface area contributed by atoms with Gasteiger partial charge in [0.15, 0.2) is 0 Å². The number of carbonyl (C=O) groups excluding carboxylic acids is 2. The van der Waals surface area contributed by atoms with Gasteiger partial charge in [-0.25, -0.2) is 0 Å². The van der Waals surface area contributed by atoms with Gasteiger partial charge in [-0.3, -0.25) is 19.4 Å². The van der Waals surface area contributed by atoms with E-state index in [1.807, 2.05) is 36.4 Å². The first kappa shape index (κ1) is 24.8. The smallest absolute Gasteiger partial charge is 0.290 e. The number of aliphatic hydroxyl groups is 1. The molecule has 1 heterocycles. The van der Waals surface area contributed by atoms with Crippen LogP contribution in [0.15, 0.2) is 54.9 Å². The van der Waals surface area contributed by atoms with Crippen molar-refractivity contribution in [2.75, 3.05) is 13.2 Å². The first-order valence-corrected chi connectivity index (χ1v) is 10.4. The number of aromatic nitrogens is 1. The number of benzene rings is 1. The number of carboxylic acid groups (broad SMARTS) is 1. The third kappa shape index (κ3) is 8.73. The van der Waals surface area contributed by atoms with Crippen LogP contribution in [0.4, 0.5) is 0 Å². The Labute approximate surface area is 186 Å². The number of amides is 2. The van der Waals surface area contributed by atoms with Crippen molar-refractivity contribution in [1.82, 2.24) is 15.6 Å². The van der Waals surface area contributed by atoms with Crippen molar-refractivity contribution >= 4 is 18.3 Å². The molecule has 1 aromatic heterocycles. The van der Waals surface area contributed by atoms with E-state index in [9.17, 15) is 14.7 Å². The summed E-state index contributed by atoms with van der Waals surface area (Å²) in [7, 11) is 0. The Morgan fingerprint density at radius 2 is 1.91 bits per heavy atom. The summed E-state index contributed by atoms with van der Waals surface area (Å²) >= 11 is 0. The van der Waals surface area contributed by atoms with E-state index >= 15 is 0 Å². The van der Waals surface area contributed by atoms with Crippen LogP contribution in [-0.4, -0.2) is 58.8 Å². The van der Waals surface area contributed by atoms with Gasteiger partial charge in [0.25, 0.3) is 6.47 Å². The number of hydrogen-bond acceptors (Lipinski definition) is 6. The zero-order valence-electron chi connectivity index (χ0n) is 17.7. The lowest BCUT2D eigenvalue weighted by Gasteiger charge is -2.33. The van der Waals surface area contributed by atoms with Gasteiger partial charge in [-0.15, -0.1) is 0 Å². The van der Waals surface area contributed by atoms with Gasteiger partial charge in [0.1, 0.15) is 12.4 Å². The molecule has 1 fully saturated rings. The fraction of sp³-hybridized carbons (Fsp3) is 0.391. The molecule has 9 heteroatoms. The molecule has 4 N–H and O–H groups in total. The van der Waals surface area contributed by atoms with E-state index in [1.54, 1.807) is 18.5 Å². The van der Waals surface area contributed by atoms with Gasteiger partial charge in [-0.05, 0) is 43.0 Å². The molecule has 0 unspecified atom stereocenters. The number of para-hydroxylation sites is 1. The lowest BCUT2D eigenvalue weighted by molar-refractivity contribution is -0.129. The van der Waals surface area contributed by atoms with E-state index < -0.39 is 12.1 Å². The number of carbonyl (C=O) groups is 3. The van der Waals surface area contributed by atoms with Gasteiger partial charge in [0.05, 0.1) is 25.1 Å². The fourth-order valence-corrected chi connectivity index (χ4v) is 3.50. The lowest BCUT2D eigenvalue weighted by atomic mass is 9.83. The van der Waals surface area contributed by atoms with Crippen molar-refractivity contribution in [3.8, 4) is 5.75 Å². The number of nitrogens with zero attached hydrogens (tertiary/aromatic N) is 1. The molecule has 1 saturated carbocycles. The molecule has 0 radical (unpaired) electrons. The second kappa shape index (κ2) is 13.8. The maximum Gasteiger partial charge on any atom is 0.290 e. The average molecular weight is 444 g/mol. The number of aliphatic hydroxyl groups excluding tert-OH is 1. The molecule has 3 rings (SSSR count). The van der Waals surface area contributed by atoms with Crippen LogP contribution in [0.2, 0.25) is 0 Å². The van der Waals surface area contributed by atoms with Crippen LogP contribution < -0.4 is 15.4 Å². The molecular formula is C23H29N3O6. The molecule has 1 aromatic carbocycles. The van der Waals surface area contributed by atoms with Gasteiger partial charge in [-0.1, -0.05) is 24.3 Å². The van der Waals surface area contributed by atoms with Crippen LogP contribution in [0.5, 0.6) is 5.75 Å². The molecule has 0 spiro atoms. The topological polar surface area (TPSA) is 138 Å². The van der Waals surface area contributed by atoms with E-state index in [4.69, 9.17) is 14.6 Å². The third-order valence-electron chi connectivity index (χ3n) is 5.03. The maximum absolute atomic E-state index is 12.5. The van der Waals surface area contributed by atoms with Crippen molar-refractivity contribution in [3.63, 3.8) is 0 Å². The summed E-state index contributed by atoms with van der Waals surface area (Å²) in [5, 5.41) is 22.9. The van der Waals surface area contributed by atoms with Gasteiger partial charge in [0.2, 0.25) is 11.8 Å². The van der Waals surface area contributed by atoms with Crippen molar-refractivity contribution in [1.29, 1.82) is 0 Å². The molecule has 1 aliphatic rings. The molecular weight excluding hydrogens is 414 g/mol. The van der Waals surface area contributed by atoms with Crippen LogP contribution in [0.3, 0.4) is 0 Å². The summed E-state index contributed by atoms with van der Waals surface area (Å²) < 4.78 is 5.57. The number of rotatable bonds is 8. The van der Waals surface area contributed by atoms with Gasteiger partial charge in [-0.2, -0.15) is 0 Å². The molecule has 0 aliphatic heterocycles. The van der Waals surface area contributed by atoms with E-state index in [1.165, 1.54) is 0 Å². The second-order valence-corrected chi connectivity index (χ2v) is 7.35. The zero-order valence-corrected chi connectivity index (χ0v) is 17.7. The standard InChI is InChI=1S/C22H27N3O4.CH2O2/c26-20-9-8-17(22(28)24-11-12-29-18-6-2-1-3-7-18)14-19(20)25-21(27)13-16-5-4-10-23-15-16;2-1-3/h1-7,10,15,17,19-20,26H,8-9,11-14H2,(H,24,28)(H,25,27);1H,(H,2,3)/t17-,19+,20+;/m0./s1. The summed E-state index contributed by atoms with van der Waals surface area (Å²) in [5.74, 6) is 0.275. The van der Waals surface area contributed by atoms with Gasteiger partial charge in [0, 0.05) is 18.3 Å². The minimum atomic E-state index is -0.640. The maximum atomic E-state index is 12.5. The Morgan fingerprint density at radius 1 is 1.16 bits per heavy atom. The minimum Gasteiger partial charge on any atom is -0.492 e. The summed E-state index contributed by atoms with van der Waals surface area (Å²) in [5.41, 5.74) is 0.808. The zero-order chi connectivity index (χ0) is 23.2. The average Bonchev–Trinajstić information content (AvgIpc) is 2.80. The molecule has 0 saturated heterocycles. The normalized spacial score (nSPS) is 19.6. The first-order valence-electron chi connectivity index (χ1n) is 10.4. The van der Waals surface area contributed by atoms with Crippen molar-refractivity contribution < 1.29 is 29.3 Å². The molecule has 3 atom stereocenters. The predicted molar refractivity (Wildman–Crippen MR) is 117 cm³/mol. The molecule has 2 amide bonds. The first-order chi connectivity index (χ1) is 15.5. The number of ether oxygens (including phenoxy) is 1. The van der Waals surface area contributed by atoms with E-state index in [0.717, 1.165) is 11.3 Å². The molecule has 9 nitrogen and oxygen atoms in total. The summed E-state index contributed by atoms with van der Waals surface area (Å²) in [4.78, 5) is 37.1. The van der Waals surface area contributed by atoms with Crippen LogP contribution >= 0.6 is 0 Å². The van der Waals surface area contributed by atoms with E-state index in [2.05, 4.69) is 15.6 Å². The summed E-state index contributed by atoms with van der Waals surface area (Å²) in [6, 6.07) is 12.6. The Morgan fingerprint density at radius 3 is 2.59 bits per heavy atom. The summed E-state index contributed by atoms with van der Waals surface area (Å²) in [6.07, 6.45) is 4.36. The molecule has 2 aromatic rings. The summed E-state index contributed by atoms with van der Waals surface area (Å²) in [6.45, 7) is 0.543. The Bertz CT molecular complexity index is 834. The highest BCUT2D eigenvalue weighted by molar-refractivity contribution is 5.80. The third-order valence-corrected chi connectivity index (χ3v) is 5.03. The quantitative estimate of drug-likeness (QED) is 0.355. The van der Waals surface area contributed by atoms with Crippen LogP contribution in [-0.2, 0) is 20.8 Å². The largest absolute Gasteiger partial charge is 0.492 e. The monoisotopic (exact) mass is 443 g/mol. The minimum absolute atomic E-state index is 0.0694. The highest BCUT2D eigenvalue weighted by atomic mass is 16.5. The number of nitrogens with one attached hydrogen (secondary N) is 2. The van der Waals surface area contributed by atoms with Crippen LogP contribution in [0.25, 0.3) is 0 Å². The highest BCUT2D eigenvalue weighted by Crippen LogP contribution is 2.25. The fourth-order valence-electron chi connectivity index (χ4n) is 3.50.